The molecule has 10 nitrogen and oxygen atoms in total. The summed E-state index contributed by atoms with van der Waals surface area (Å²) >= 11 is 0. The highest BCUT2D eigenvalue weighted by molar-refractivity contribution is 5.96. The number of ketones is 1. The van der Waals surface area contributed by atoms with E-state index < -0.39 is 88.0 Å². The van der Waals surface area contributed by atoms with Crippen molar-refractivity contribution in [3.63, 3.8) is 0 Å². The van der Waals surface area contributed by atoms with Crippen molar-refractivity contribution in [1.29, 1.82) is 0 Å². The van der Waals surface area contributed by atoms with Crippen molar-refractivity contribution in [2.45, 2.75) is 83.3 Å². The van der Waals surface area contributed by atoms with E-state index in [4.69, 9.17) is 14.2 Å². The molecule has 2 bridgehead atoms. The van der Waals surface area contributed by atoms with Crippen LogP contribution in [0.3, 0.4) is 0 Å². The molecular weight excluding hydrogens is 460 g/mol. The first-order valence-electron chi connectivity index (χ1n) is 12.3. The van der Waals surface area contributed by atoms with E-state index in [9.17, 15) is 34.8 Å². The molecule has 0 unspecified atom stereocenters. The van der Waals surface area contributed by atoms with E-state index in [0.717, 1.165) is 0 Å². The van der Waals surface area contributed by atoms with Gasteiger partial charge in [-0.3, -0.25) is 4.79 Å². The molecule has 194 valence electrons. The van der Waals surface area contributed by atoms with Crippen LogP contribution in [0.5, 0.6) is 0 Å². The first-order valence-corrected chi connectivity index (χ1v) is 12.3. The maximum Gasteiger partial charge on any atom is 0.348 e. The maximum absolute atomic E-state index is 13.3. The molecule has 0 aromatic heterocycles. The molecule has 0 aromatic carbocycles. The average molecular weight is 495 g/mol. The van der Waals surface area contributed by atoms with Gasteiger partial charge in [0, 0.05) is 22.7 Å². The van der Waals surface area contributed by atoms with E-state index in [-0.39, 0.29) is 19.4 Å². The van der Waals surface area contributed by atoms with Crippen LogP contribution in [0, 0.1) is 34.5 Å². The molecule has 12 atom stereocenters. The molecule has 4 N–H and O–H groups in total. The number of esters is 2. The fourth-order valence-corrected chi connectivity index (χ4v) is 8.12. The first-order chi connectivity index (χ1) is 16.2. The topological polar surface area (TPSA) is 160 Å². The van der Waals surface area contributed by atoms with Gasteiger partial charge < -0.3 is 34.6 Å². The largest absolute Gasteiger partial charge is 0.459 e. The average Bonchev–Trinajstić information content (AvgIpc) is 3.08. The summed E-state index contributed by atoms with van der Waals surface area (Å²) in [5.41, 5.74) is -3.54. The summed E-state index contributed by atoms with van der Waals surface area (Å²) in [5.74, 6) is -7.47. The summed E-state index contributed by atoms with van der Waals surface area (Å²) in [6.45, 7) is 7.88. The second-order valence-corrected chi connectivity index (χ2v) is 11.6. The third kappa shape index (κ3) is 2.80. The Labute approximate surface area is 203 Å². The minimum atomic E-state index is -2.12. The van der Waals surface area contributed by atoms with Crippen LogP contribution in [0.25, 0.3) is 0 Å². The number of carbonyl (C=O) groups is 3. The van der Waals surface area contributed by atoms with Gasteiger partial charge in [0.05, 0.1) is 6.61 Å². The second-order valence-electron chi connectivity index (χ2n) is 11.6. The van der Waals surface area contributed by atoms with Crippen molar-refractivity contribution in [3.05, 3.63) is 11.6 Å². The smallest absolute Gasteiger partial charge is 0.348 e. The first kappa shape index (κ1) is 24.8. The van der Waals surface area contributed by atoms with E-state index in [2.05, 4.69) is 0 Å². The molecule has 4 fully saturated rings. The highest BCUT2D eigenvalue weighted by Crippen LogP contribution is 2.73. The van der Waals surface area contributed by atoms with Crippen LogP contribution < -0.4 is 0 Å². The van der Waals surface area contributed by atoms with Crippen LogP contribution in [0.1, 0.15) is 47.5 Å². The number of aliphatic hydroxyl groups excluding tert-OH is 2. The van der Waals surface area contributed by atoms with Crippen LogP contribution in [-0.4, -0.2) is 80.6 Å². The normalized spacial score (nSPS) is 52.0. The van der Waals surface area contributed by atoms with Crippen LogP contribution in [0.15, 0.2) is 11.6 Å². The highest BCUT2D eigenvalue weighted by atomic mass is 16.7. The van der Waals surface area contributed by atoms with E-state index in [1.165, 1.54) is 13.0 Å². The number of allylic oxidation sites excluding steroid dienone is 1. The molecule has 0 amide bonds. The quantitative estimate of drug-likeness (QED) is 0.389. The van der Waals surface area contributed by atoms with Crippen molar-refractivity contribution in [2.75, 3.05) is 6.61 Å². The van der Waals surface area contributed by atoms with Crippen molar-refractivity contribution < 1.29 is 49.0 Å². The van der Waals surface area contributed by atoms with Gasteiger partial charge in [-0.15, -0.1) is 0 Å². The molecular formula is C25H34O10. The number of ether oxygens (including phenoxy) is 3. The Morgan fingerprint density at radius 1 is 1.31 bits per heavy atom. The predicted octanol–water partition coefficient (Wildman–Crippen LogP) is -0.151. The number of rotatable bonds is 3. The number of aliphatic hydroxyl groups is 4. The lowest BCUT2D eigenvalue weighted by Gasteiger charge is -2.68. The van der Waals surface area contributed by atoms with Crippen molar-refractivity contribution in [2.24, 2.45) is 34.5 Å². The Hall–Kier alpha value is -1.85. The third-order valence-corrected chi connectivity index (χ3v) is 9.99. The van der Waals surface area contributed by atoms with Gasteiger partial charge in [0.25, 0.3) is 0 Å². The number of carbonyl (C=O) groups excluding carboxylic acids is 3. The van der Waals surface area contributed by atoms with Crippen LogP contribution in [0.2, 0.25) is 0 Å². The molecule has 2 saturated carbocycles. The molecule has 10 heteroatoms. The zero-order chi connectivity index (χ0) is 25.9. The van der Waals surface area contributed by atoms with Gasteiger partial charge >= 0.3 is 11.9 Å². The zero-order valence-corrected chi connectivity index (χ0v) is 20.6. The lowest BCUT2D eigenvalue weighted by atomic mass is 9.38. The Morgan fingerprint density at radius 3 is 2.60 bits per heavy atom. The van der Waals surface area contributed by atoms with Crippen molar-refractivity contribution in [3.8, 4) is 0 Å². The summed E-state index contributed by atoms with van der Waals surface area (Å²) in [5, 5.41) is 44.8. The number of fused-ring (bicyclic) bond motifs is 1. The van der Waals surface area contributed by atoms with Gasteiger partial charge in [0.15, 0.2) is 17.2 Å². The summed E-state index contributed by atoms with van der Waals surface area (Å²) in [7, 11) is 0. The Morgan fingerprint density at radius 2 is 1.97 bits per heavy atom. The summed E-state index contributed by atoms with van der Waals surface area (Å²) in [6.07, 6.45) is -3.51. The number of hydrogen-bond donors (Lipinski definition) is 4. The minimum Gasteiger partial charge on any atom is -0.459 e. The van der Waals surface area contributed by atoms with Crippen LogP contribution in [-0.2, 0) is 28.6 Å². The van der Waals surface area contributed by atoms with Gasteiger partial charge in [-0.2, -0.15) is 0 Å². The standard InChI is InChI=1S/C25H34O10/c1-6-22(4,31)21(30)35-16-15-11(3)17(27)25(32)20-23(5)12(10(2)7-13(26)18(23)28)8-14(34-19(16)29)24(15,20)9-33-25/h7,11-12,14-18,20,27-28,31-32H,6,8-9H2,1-5H3/t11-,12+,14-,15-,16-,17-,18-,20+,22+,23-,24+,25+/m1/s1. The molecule has 5 rings (SSSR count). The lowest BCUT2D eigenvalue weighted by Crippen LogP contribution is -2.78. The zero-order valence-electron chi connectivity index (χ0n) is 20.6. The van der Waals surface area contributed by atoms with Crippen LogP contribution in [0.4, 0.5) is 0 Å². The third-order valence-electron chi connectivity index (χ3n) is 9.99. The highest BCUT2D eigenvalue weighted by Gasteiger charge is 2.83. The molecule has 0 radical (unpaired) electrons. The van der Waals surface area contributed by atoms with E-state index in [1.54, 1.807) is 27.7 Å². The van der Waals surface area contributed by atoms with Gasteiger partial charge in [0.1, 0.15) is 18.3 Å². The van der Waals surface area contributed by atoms with E-state index in [1.807, 2.05) is 0 Å². The number of hydrogen-bond acceptors (Lipinski definition) is 10. The monoisotopic (exact) mass is 494 g/mol. The maximum atomic E-state index is 13.3. The van der Waals surface area contributed by atoms with Crippen LogP contribution >= 0.6 is 0 Å². The van der Waals surface area contributed by atoms with Gasteiger partial charge in [-0.25, -0.2) is 9.59 Å². The summed E-state index contributed by atoms with van der Waals surface area (Å²) in [4.78, 5) is 38.8. The Balaban J connectivity index is 1.69. The van der Waals surface area contributed by atoms with Gasteiger partial charge in [-0.05, 0) is 44.6 Å². The Kier molecular flexibility index (Phi) is 5.21. The predicted molar refractivity (Wildman–Crippen MR) is 117 cm³/mol. The molecule has 1 spiro atoms. The molecule has 5 aliphatic rings. The molecule has 2 saturated heterocycles. The molecule has 2 heterocycles. The fraction of sp³-hybridized carbons (Fsp3) is 0.800. The summed E-state index contributed by atoms with van der Waals surface area (Å²) in [6, 6.07) is 0. The molecule has 2 aliphatic heterocycles. The molecule has 3 aliphatic carbocycles. The Bertz CT molecular complexity index is 1020. The second kappa shape index (κ2) is 7.35. The van der Waals surface area contributed by atoms with E-state index >= 15 is 0 Å². The van der Waals surface area contributed by atoms with Gasteiger partial charge in [0.2, 0.25) is 6.10 Å². The molecule has 0 aromatic rings. The van der Waals surface area contributed by atoms with Gasteiger partial charge in [-0.1, -0.05) is 26.3 Å². The summed E-state index contributed by atoms with van der Waals surface area (Å²) < 4.78 is 17.4. The van der Waals surface area contributed by atoms with Crippen molar-refractivity contribution >= 4 is 17.7 Å². The van der Waals surface area contributed by atoms with E-state index in [0.29, 0.717) is 5.57 Å². The fourth-order valence-electron chi connectivity index (χ4n) is 8.12. The molecule has 35 heavy (non-hydrogen) atoms. The lowest BCUT2D eigenvalue weighted by molar-refractivity contribution is -0.340. The minimum absolute atomic E-state index is 0.0510. The van der Waals surface area contributed by atoms with Crippen molar-refractivity contribution in [1.82, 2.24) is 0 Å². The SMILES string of the molecule is CC[C@](C)(O)C(=O)O[C@H]1C(=O)O[C@@H]2C[C@H]3C(C)=CC(=O)[C@@H](O)[C@]3(C)[C@@H]3[C@@]4(O)OC[C@@]23[C@@H]1[C@@H](C)[C@H]4O.